The summed E-state index contributed by atoms with van der Waals surface area (Å²) in [7, 11) is 0. The minimum absolute atomic E-state index is 0.109. The number of hydrogen-bond acceptors (Lipinski definition) is 2. The maximum absolute atomic E-state index is 12.0. The van der Waals surface area contributed by atoms with Crippen LogP contribution in [0, 0.1) is 5.41 Å². The fraction of sp³-hybridized carbons (Fsp3) is 0.778. The first-order valence-electron chi connectivity index (χ1n) is 4.81. The van der Waals surface area contributed by atoms with Crippen molar-refractivity contribution in [2.45, 2.75) is 17.7 Å². The number of rotatable bonds is 1. The molecule has 1 saturated carbocycles. The van der Waals surface area contributed by atoms with Crippen LogP contribution in [-0.4, -0.2) is 40.7 Å². The molecule has 1 N–H and O–H groups in total. The average Bonchev–Trinajstić information content (AvgIpc) is 2.66. The molecule has 2 fully saturated rings. The molecule has 0 radical (unpaired) electrons. The van der Waals surface area contributed by atoms with Crippen molar-refractivity contribution in [3.63, 3.8) is 0 Å². The van der Waals surface area contributed by atoms with Crippen LogP contribution >= 0.6 is 23.2 Å². The summed E-state index contributed by atoms with van der Waals surface area (Å²) < 4.78 is -0.960. The Labute approximate surface area is 97.9 Å². The normalized spacial score (nSPS) is 33.5. The zero-order valence-electron chi connectivity index (χ0n) is 8.35. The molecular weight excluding hydrogens is 239 g/mol. The molecule has 84 valence electrons. The number of nitrogens with zero attached hydrogens (tertiary/aromatic N) is 1. The van der Waals surface area contributed by atoms with Crippen molar-refractivity contribution in [2.75, 3.05) is 19.6 Å². The van der Waals surface area contributed by atoms with E-state index in [2.05, 4.69) is 5.32 Å². The Balaban J connectivity index is 2.06. The summed E-state index contributed by atoms with van der Waals surface area (Å²) in [6, 6.07) is 0. The third kappa shape index (κ3) is 1.70. The summed E-state index contributed by atoms with van der Waals surface area (Å²) in [6.07, 6.45) is 0.458. The molecule has 0 aromatic carbocycles. The van der Waals surface area contributed by atoms with Gasteiger partial charge in [-0.2, -0.15) is 0 Å². The molecular formula is C9H12Cl2N2O2. The monoisotopic (exact) mass is 250 g/mol. The number of nitrogens with one attached hydrogen (secondary N) is 1. The van der Waals surface area contributed by atoms with Gasteiger partial charge >= 0.3 is 0 Å². The summed E-state index contributed by atoms with van der Waals surface area (Å²) in [5.74, 6) is -0.254. The molecule has 1 heterocycles. The number of halogens is 2. The highest BCUT2D eigenvalue weighted by Gasteiger charge is 2.68. The van der Waals surface area contributed by atoms with Gasteiger partial charge in [0.05, 0.1) is 12.0 Å². The lowest BCUT2D eigenvalue weighted by atomic mass is 10.1. The highest BCUT2D eigenvalue weighted by atomic mass is 35.5. The van der Waals surface area contributed by atoms with Gasteiger partial charge in [0, 0.05) is 13.1 Å². The number of piperazine rings is 1. The molecule has 0 spiro atoms. The molecule has 4 nitrogen and oxygen atoms in total. The van der Waals surface area contributed by atoms with E-state index in [4.69, 9.17) is 23.2 Å². The first-order valence-corrected chi connectivity index (χ1v) is 5.56. The van der Waals surface area contributed by atoms with Gasteiger partial charge in [0.25, 0.3) is 0 Å². The standard InChI is InChI=1S/C9H12Cl2N2O2/c1-8(5-9(8,10)11)7(15)13-3-2-12-6(14)4-13/h2-5H2,1H3,(H,12,14)/t8-/m0/s1. The summed E-state index contributed by atoms with van der Waals surface area (Å²) in [5.41, 5.74) is -0.715. The van der Waals surface area contributed by atoms with Gasteiger partial charge in [-0.15, -0.1) is 23.2 Å². The second-order valence-corrected chi connectivity index (χ2v) is 5.77. The predicted octanol–water partition coefficient (Wildman–Crippen LogP) is 0.529. The molecule has 0 bridgehead atoms. The SMILES string of the molecule is C[C@@]1(C(=O)N2CCNC(=O)C2)CC1(Cl)Cl. The zero-order valence-corrected chi connectivity index (χ0v) is 9.86. The smallest absolute Gasteiger partial charge is 0.239 e. The van der Waals surface area contributed by atoms with Crippen molar-refractivity contribution in [2.24, 2.45) is 5.41 Å². The van der Waals surface area contributed by atoms with Crippen LogP contribution in [0.4, 0.5) is 0 Å². The molecule has 1 atom stereocenters. The van der Waals surface area contributed by atoms with Gasteiger partial charge in [0.2, 0.25) is 11.8 Å². The van der Waals surface area contributed by atoms with Crippen molar-refractivity contribution in [3.8, 4) is 0 Å². The van der Waals surface area contributed by atoms with E-state index < -0.39 is 9.75 Å². The first kappa shape index (κ1) is 11.0. The molecule has 6 heteroatoms. The molecule has 0 aromatic heterocycles. The maximum Gasteiger partial charge on any atom is 0.239 e. The molecule has 1 aliphatic carbocycles. The van der Waals surface area contributed by atoms with Crippen LogP contribution in [0.15, 0.2) is 0 Å². The van der Waals surface area contributed by atoms with E-state index in [9.17, 15) is 9.59 Å². The quantitative estimate of drug-likeness (QED) is 0.691. The number of alkyl halides is 2. The Morgan fingerprint density at radius 2 is 2.13 bits per heavy atom. The van der Waals surface area contributed by atoms with E-state index in [1.54, 1.807) is 6.92 Å². The Bertz CT molecular complexity index is 332. The molecule has 2 aliphatic rings. The molecule has 1 aliphatic heterocycles. The Hall–Kier alpha value is -0.480. The van der Waals surface area contributed by atoms with Gasteiger partial charge in [-0.05, 0) is 13.3 Å². The molecule has 2 rings (SSSR count). The van der Waals surface area contributed by atoms with Gasteiger partial charge in [-0.3, -0.25) is 9.59 Å². The Morgan fingerprint density at radius 1 is 1.53 bits per heavy atom. The van der Waals surface area contributed by atoms with Gasteiger partial charge in [-0.25, -0.2) is 0 Å². The predicted molar refractivity (Wildman–Crippen MR) is 56.8 cm³/mol. The van der Waals surface area contributed by atoms with Crippen LogP contribution in [0.2, 0.25) is 0 Å². The van der Waals surface area contributed by atoms with E-state index in [1.165, 1.54) is 4.90 Å². The minimum Gasteiger partial charge on any atom is -0.353 e. The van der Waals surface area contributed by atoms with Crippen molar-refractivity contribution >= 4 is 35.0 Å². The van der Waals surface area contributed by atoms with Crippen LogP contribution in [0.1, 0.15) is 13.3 Å². The minimum atomic E-state index is -0.960. The lowest BCUT2D eigenvalue weighted by Gasteiger charge is -2.29. The Kier molecular flexibility index (Phi) is 2.39. The lowest BCUT2D eigenvalue weighted by Crippen LogP contribution is -2.52. The fourth-order valence-corrected chi connectivity index (χ4v) is 2.49. The van der Waals surface area contributed by atoms with E-state index in [1.807, 2.05) is 0 Å². The van der Waals surface area contributed by atoms with Gasteiger partial charge in [0.15, 0.2) is 0 Å². The topological polar surface area (TPSA) is 49.4 Å². The average molecular weight is 251 g/mol. The van der Waals surface area contributed by atoms with Crippen molar-refractivity contribution < 1.29 is 9.59 Å². The third-order valence-corrected chi connectivity index (χ3v) is 4.16. The van der Waals surface area contributed by atoms with E-state index >= 15 is 0 Å². The summed E-state index contributed by atoms with van der Waals surface area (Å²) in [6.45, 7) is 2.88. The first-order chi connectivity index (χ1) is 6.87. The molecule has 15 heavy (non-hydrogen) atoms. The van der Waals surface area contributed by atoms with Gasteiger partial charge in [-0.1, -0.05) is 0 Å². The van der Waals surface area contributed by atoms with Crippen molar-refractivity contribution in [3.05, 3.63) is 0 Å². The maximum atomic E-state index is 12.0. The second kappa shape index (κ2) is 3.25. The van der Waals surface area contributed by atoms with E-state index in [0.717, 1.165) is 0 Å². The molecule has 0 unspecified atom stereocenters. The highest BCUT2D eigenvalue weighted by Crippen LogP contribution is 2.64. The molecule has 2 amide bonds. The third-order valence-electron chi connectivity index (χ3n) is 3.06. The van der Waals surface area contributed by atoms with Gasteiger partial charge < -0.3 is 10.2 Å². The van der Waals surface area contributed by atoms with Crippen molar-refractivity contribution in [1.82, 2.24) is 10.2 Å². The van der Waals surface area contributed by atoms with Crippen LogP contribution in [-0.2, 0) is 9.59 Å². The van der Waals surface area contributed by atoms with Crippen LogP contribution < -0.4 is 5.32 Å². The number of carbonyl (C=O) groups is 2. The van der Waals surface area contributed by atoms with Crippen molar-refractivity contribution in [1.29, 1.82) is 0 Å². The van der Waals surface area contributed by atoms with Crippen LogP contribution in [0.5, 0.6) is 0 Å². The molecule has 0 aromatic rings. The second-order valence-electron chi connectivity index (χ2n) is 4.29. The van der Waals surface area contributed by atoms with E-state index in [-0.39, 0.29) is 18.4 Å². The largest absolute Gasteiger partial charge is 0.353 e. The number of hydrogen-bond donors (Lipinski definition) is 1. The zero-order chi connectivity index (χ0) is 11.3. The lowest BCUT2D eigenvalue weighted by molar-refractivity contribution is -0.142. The van der Waals surface area contributed by atoms with Crippen LogP contribution in [0.25, 0.3) is 0 Å². The summed E-state index contributed by atoms with van der Waals surface area (Å²) >= 11 is 11.8. The van der Waals surface area contributed by atoms with Gasteiger partial charge in [0.1, 0.15) is 4.33 Å². The number of amides is 2. The Morgan fingerprint density at radius 3 is 2.60 bits per heavy atom. The molecule has 1 saturated heterocycles. The summed E-state index contributed by atoms with van der Waals surface area (Å²) in [5, 5.41) is 2.66. The van der Waals surface area contributed by atoms with E-state index in [0.29, 0.717) is 19.5 Å². The van der Waals surface area contributed by atoms with Crippen LogP contribution in [0.3, 0.4) is 0 Å². The fourth-order valence-electron chi connectivity index (χ4n) is 1.79. The number of carbonyl (C=O) groups excluding carboxylic acids is 2. The highest BCUT2D eigenvalue weighted by molar-refractivity contribution is 6.53. The summed E-state index contributed by atoms with van der Waals surface area (Å²) in [4.78, 5) is 24.7.